The summed E-state index contributed by atoms with van der Waals surface area (Å²) in [6.07, 6.45) is 8.04. The van der Waals surface area contributed by atoms with E-state index in [1.54, 1.807) is 27.8 Å². The zero-order valence-corrected chi connectivity index (χ0v) is 10.6. The van der Waals surface area contributed by atoms with E-state index in [9.17, 15) is 9.90 Å². The topological polar surface area (TPSA) is 70.7 Å². The number of aliphatic hydroxyl groups excluding tert-OH is 1. The van der Waals surface area contributed by atoms with Crippen LogP contribution in [-0.4, -0.2) is 49.5 Å². The zero-order chi connectivity index (χ0) is 13.2. The molecule has 6 nitrogen and oxygen atoms in total. The van der Waals surface area contributed by atoms with Crippen molar-refractivity contribution in [3.05, 3.63) is 30.4 Å². The van der Waals surface area contributed by atoms with Crippen LogP contribution in [0.2, 0.25) is 0 Å². The molecular weight excluding hydrogens is 244 g/mol. The third-order valence-electron chi connectivity index (χ3n) is 3.55. The number of aromatic nitrogens is 3. The van der Waals surface area contributed by atoms with E-state index in [1.807, 2.05) is 6.20 Å². The van der Waals surface area contributed by atoms with Gasteiger partial charge < -0.3 is 10.0 Å². The number of aliphatic hydroxyl groups is 1. The summed E-state index contributed by atoms with van der Waals surface area (Å²) in [5, 5.41) is 9.37. The van der Waals surface area contributed by atoms with Crippen LogP contribution >= 0.6 is 0 Å². The van der Waals surface area contributed by atoms with Gasteiger partial charge in [0.05, 0.1) is 12.6 Å². The minimum Gasteiger partial charge on any atom is -0.394 e. The van der Waals surface area contributed by atoms with Gasteiger partial charge in [-0.3, -0.25) is 9.20 Å². The van der Waals surface area contributed by atoms with Crippen LogP contribution in [0.1, 0.15) is 29.8 Å². The van der Waals surface area contributed by atoms with Crippen molar-refractivity contribution in [2.24, 2.45) is 0 Å². The average molecular weight is 260 g/mol. The molecule has 0 saturated carbocycles. The van der Waals surface area contributed by atoms with Crippen LogP contribution in [0.25, 0.3) is 5.78 Å². The summed E-state index contributed by atoms with van der Waals surface area (Å²) >= 11 is 0. The van der Waals surface area contributed by atoms with E-state index < -0.39 is 0 Å². The molecule has 1 aliphatic rings. The molecular formula is C13H16N4O2. The fourth-order valence-corrected chi connectivity index (χ4v) is 2.54. The lowest BCUT2D eigenvalue weighted by Crippen LogP contribution is -2.45. The molecule has 0 spiro atoms. The lowest BCUT2D eigenvalue weighted by molar-refractivity contribution is 0.0498. The van der Waals surface area contributed by atoms with Gasteiger partial charge >= 0.3 is 0 Å². The molecule has 100 valence electrons. The molecule has 1 fully saturated rings. The first kappa shape index (κ1) is 12.1. The normalized spacial score (nSPS) is 19.8. The maximum atomic E-state index is 12.4. The molecule has 1 atom stereocenters. The van der Waals surface area contributed by atoms with Gasteiger partial charge in [-0.1, -0.05) is 0 Å². The Bertz CT molecular complexity index is 562. The molecule has 3 rings (SSSR count). The molecule has 1 N–H and O–H groups in total. The zero-order valence-electron chi connectivity index (χ0n) is 10.6. The molecule has 1 amide bonds. The Kier molecular flexibility index (Phi) is 3.16. The Balaban J connectivity index is 1.89. The monoisotopic (exact) mass is 260 g/mol. The van der Waals surface area contributed by atoms with Crippen LogP contribution < -0.4 is 0 Å². The van der Waals surface area contributed by atoms with E-state index in [2.05, 4.69) is 9.97 Å². The predicted molar refractivity (Wildman–Crippen MR) is 68.7 cm³/mol. The summed E-state index contributed by atoms with van der Waals surface area (Å²) in [6.45, 7) is 0.697. The molecule has 1 aliphatic heterocycles. The van der Waals surface area contributed by atoms with Crippen molar-refractivity contribution >= 4 is 11.7 Å². The molecule has 2 aromatic rings. The number of carbonyl (C=O) groups excluding carboxylic acids is 1. The van der Waals surface area contributed by atoms with Gasteiger partial charge in [0.25, 0.3) is 5.91 Å². The third-order valence-corrected chi connectivity index (χ3v) is 3.55. The Labute approximate surface area is 110 Å². The molecule has 3 heterocycles. The van der Waals surface area contributed by atoms with E-state index in [4.69, 9.17) is 0 Å². The smallest absolute Gasteiger partial charge is 0.274 e. The van der Waals surface area contributed by atoms with Crippen molar-refractivity contribution in [1.29, 1.82) is 0 Å². The number of imidazole rings is 1. The summed E-state index contributed by atoms with van der Waals surface area (Å²) < 4.78 is 1.73. The van der Waals surface area contributed by atoms with Gasteiger partial charge in [-0.15, -0.1) is 0 Å². The molecule has 1 saturated heterocycles. The molecule has 2 aromatic heterocycles. The maximum absolute atomic E-state index is 12.4. The van der Waals surface area contributed by atoms with Crippen molar-refractivity contribution < 1.29 is 9.90 Å². The first-order valence-corrected chi connectivity index (χ1v) is 6.51. The lowest BCUT2D eigenvalue weighted by atomic mass is 10.0. The van der Waals surface area contributed by atoms with Crippen LogP contribution in [0.3, 0.4) is 0 Å². The van der Waals surface area contributed by atoms with E-state index in [0.29, 0.717) is 18.0 Å². The molecule has 19 heavy (non-hydrogen) atoms. The first-order valence-electron chi connectivity index (χ1n) is 6.51. The number of hydrogen-bond acceptors (Lipinski definition) is 4. The summed E-state index contributed by atoms with van der Waals surface area (Å²) in [6, 6.07) is 1.71. The Morgan fingerprint density at radius 2 is 2.37 bits per heavy atom. The van der Waals surface area contributed by atoms with Gasteiger partial charge in [-0.05, 0) is 25.3 Å². The highest BCUT2D eigenvalue weighted by molar-refractivity contribution is 5.93. The van der Waals surface area contributed by atoms with E-state index in [0.717, 1.165) is 19.3 Å². The number of hydrogen-bond donors (Lipinski definition) is 1. The van der Waals surface area contributed by atoms with Crippen molar-refractivity contribution in [3.8, 4) is 0 Å². The molecule has 0 bridgehead atoms. The Morgan fingerprint density at radius 1 is 1.47 bits per heavy atom. The number of fused-ring (bicyclic) bond motifs is 1. The molecule has 0 radical (unpaired) electrons. The van der Waals surface area contributed by atoms with Crippen molar-refractivity contribution in [2.75, 3.05) is 13.2 Å². The summed E-state index contributed by atoms with van der Waals surface area (Å²) in [5.74, 6) is 0.396. The lowest BCUT2D eigenvalue weighted by Gasteiger charge is -2.34. The van der Waals surface area contributed by atoms with Gasteiger partial charge in [0.2, 0.25) is 5.78 Å². The highest BCUT2D eigenvalue weighted by Crippen LogP contribution is 2.19. The van der Waals surface area contributed by atoms with Crippen molar-refractivity contribution in [2.45, 2.75) is 25.3 Å². The van der Waals surface area contributed by atoms with Crippen LogP contribution in [0, 0.1) is 0 Å². The average Bonchev–Trinajstić information content (AvgIpc) is 2.90. The van der Waals surface area contributed by atoms with Crippen LogP contribution in [-0.2, 0) is 0 Å². The maximum Gasteiger partial charge on any atom is 0.274 e. The number of carbonyl (C=O) groups is 1. The first-order chi connectivity index (χ1) is 9.29. The second-order valence-corrected chi connectivity index (χ2v) is 4.78. The molecule has 0 aliphatic carbocycles. The highest BCUT2D eigenvalue weighted by Gasteiger charge is 2.28. The van der Waals surface area contributed by atoms with Crippen molar-refractivity contribution in [1.82, 2.24) is 19.3 Å². The van der Waals surface area contributed by atoms with Gasteiger partial charge in [0.15, 0.2) is 0 Å². The Morgan fingerprint density at radius 3 is 3.16 bits per heavy atom. The molecule has 0 aromatic carbocycles. The SMILES string of the molecule is O=C(c1cn2cccnc2n1)N1CCCCC1CO. The molecule has 1 unspecified atom stereocenters. The van der Waals surface area contributed by atoms with Crippen LogP contribution in [0.5, 0.6) is 0 Å². The standard InChI is InChI=1S/C13H16N4O2/c18-9-10-4-1-2-7-17(10)12(19)11-8-16-6-3-5-14-13(16)15-11/h3,5-6,8,10,18H,1-2,4,7,9H2. The van der Waals surface area contributed by atoms with Gasteiger partial charge in [0, 0.05) is 25.1 Å². The van der Waals surface area contributed by atoms with E-state index in [-0.39, 0.29) is 18.6 Å². The number of nitrogens with zero attached hydrogens (tertiary/aromatic N) is 4. The van der Waals surface area contributed by atoms with Crippen molar-refractivity contribution in [3.63, 3.8) is 0 Å². The third kappa shape index (κ3) is 2.19. The van der Waals surface area contributed by atoms with Crippen LogP contribution in [0.15, 0.2) is 24.7 Å². The second-order valence-electron chi connectivity index (χ2n) is 4.78. The fourth-order valence-electron chi connectivity index (χ4n) is 2.54. The predicted octanol–water partition coefficient (Wildman–Crippen LogP) is 0.716. The molecule has 6 heteroatoms. The van der Waals surface area contributed by atoms with Crippen LogP contribution in [0.4, 0.5) is 0 Å². The second kappa shape index (κ2) is 4.97. The number of amides is 1. The summed E-state index contributed by atoms with van der Waals surface area (Å²) in [4.78, 5) is 22.5. The van der Waals surface area contributed by atoms with Gasteiger partial charge in [0.1, 0.15) is 5.69 Å². The number of likely N-dealkylation sites (tertiary alicyclic amines) is 1. The minimum absolute atomic E-state index is 0.0113. The van der Waals surface area contributed by atoms with Gasteiger partial charge in [-0.25, -0.2) is 9.97 Å². The summed E-state index contributed by atoms with van der Waals surface area (Å²) in [5.41, 5.74) is 0.388. The summed E-state index contributed by atoms with van der Waals surface area (Å²) in [7, 11) is 0. The fraction of sp³-hybridized carbons (Fsp3) is 0.462. The van der Waals surface area contributed by atoms with E-state index >= 15 is 0 Å². The van der Waals surface area contributed by atoms with Gasteiger partial charge in [-0.2, -0.15) is 0 Å². The number of rotatable bonds is 2. The largest absolute Gasteiger partial charge is 0.394 e. The highest BCUT2D eigenvalue weighted by atomic mass is 16.3. The minimum atomic E-state index is -0.121. The number of piperidine rings is 1. The Hall–Kier alpha value is -1.95. The quantitative estimate of drug-likeness (QED) is 0.863. The van der Waals surface area contributed by atoms with E-state index in [1.165, 1.54) is 0 Å².